The molecule has 0 atom stereocenters. The van der Waals surface area contributed by atoms with Gasteiger partial charge in [-0.05, 0) is 32.1 Å². The molecule has 0 saturated heterocycles. The molecule has 19 heavy (non-hydrogen) atoms. The summed E-state index contributed by atoms with van der Waals surface area (Å²) in [5.41, 5.74) is 0. The molecule has 5 heteroatoms. The molecule has 1 aliphatic rings. The van der Waals surface area contributed by atoms with Gasteiger partial charge in [0.05, 0.1) is 5.92 Å². The molecule has 0 unspecified atom stereocenters. The van der Waals surface area contributed by atoms with E-state index in [0.29, 0.717) is 12.8 Å². The van der Waals surface area contributed by atoms with Crippen LogP contribution < -0.4 is 10.6 Å². The van der Waals surface area contributed by atoms with E-state index >= 15 is 0 Å². The predicted molar refractivity (Wildman–Crippen MR) is 74.1 cm³/mol. The molecule has 0 aromatic rings. The predicted octanol–water partition coefficient (Wildman–Crippen LogP) is 2.51. The number of carbonyl (C=O) groups is 2. The molecule has 110 valence electrons. The highest BCUT2D eigenvalue weighted by atomic mass is 16.4. The molecule has 5 nitrogen and oxygen atoms in total. The molecule has 0 aliphatic heterocycles. The van der Waals surface area contributed by atoms with Crippen LogP contribution in [0.5, 0.6) is 0 Å². The highest BCUT2D eigenvalue weighted by molar-refractivity contribution is 5.74. The zero-order valence-electron chi connectivity index (χ0n) is 11.8. The van der Waals surface area contributed by atoms with Crippen molar-refractivity contribution < 1.29 is 14.7 Å². The third-order valence-corrected chi connectivity index (χ3v) is 3.73. The number of carboxylic acid groups (broad SMARTS) is 1. The molecular formula is C14H26N2O3. The number of hydrogen-bond acceptors (Lipinski definition) is 2. The van der Waals surface area contributed by atoms with Gasteiger partial charge in [0, 0.05) is 12.6 Å². The molecule has 1 saturated carbocycles. The normalized spacial score (nSPS) is 22.8. The molecule has 2 amide bonds. The van der Waals surface area contributed by atoms with Crippen LogP contribution in [-0.4, -0.2) is 29.7 Å². The highest BCUT2D eigenvalue weighted by Gasteiger charge is 2.26. The first-order valence-electron chi connectivity index (χ1n) is 7.40. The van der Waals surface area contributed by atoms with E-state index in [0.717, 1.165) is 32.2 Å². The van der Waals surface area contributed by atoms with E-state index in [1.54, 1.807) is 0 Å². The zero-order valence-corrected chi connectivity index (χ0v) is 11.8. The zero-order chi connectivity index (χ0) is 14.1. The van der Waals surface area contributed by atoms with Crippen molar-refractivity contribution in [1.29, 1.82) is 0 Å². The molecule has 0 spiro atoms. The van der Waals surface area contributed by atoms with E-state index < -0.39 is 5.97 Å². The Morgan fingerprint density at radius 1 is 1.11 bits per heavy atom. The van der Waals surface area contributed by atoms with Crippen LogP contribution in [0.15, 0.2) is 0 Å². The molecule has 1 fully saturated rings. The molecule has 0 aromatic heterocycles. The first kappa shape index (κ1) is 15.8. The van der Waals surface area contributed by atoms with Crippen LogP contribution in [0.2, 0.25) is 0 Å². The topological polar surface area (TPSA) is 78.4 Å². The minimum absolute atomic E-state index is 0.115. The second-order valence-corrected chi connectivity index (χ2v) is 5.35. The fourth-order valence-corrected chi connectivity index (χ4v) is 2.47. The van der Waals surface area contributed by atoms with Gasteiger partial charge in [0.1, 0.15) is 0 Å². The first-order valence-corrected chi connectivity index (χ1v) is 7.40. The van der Waals surface area contributed by atoms with Gasteiger partial charge in [0.15, 0.2) is 0 Å². The van der Waals surface area contributed by atoms with Crippen LogP contribution in [0, 0.1) is 5.92 Å². The van der Waals surface area contributed by atoms with Crippen molar-refractivity contribution in [2.45, 2.75) is 64.3 Å². The van der Waals surface area contributed by atoms with Gasteiger partial charge in [-0.3, -0.25) is 4.79 Å². The van der Waals surface area contributed by atoms with Crippen LogP contribution in [0.25, 0.3) is 0 Å². The molecule has 1 aliphatic carbocycles. The Balaban J connectivity index is 2.08. The van der Waals surface area contributed by atoms with E-state index in [2.05, 4.69) is 17.6 Å². The minimum Gasteiger partial charge on any atom is -0.481 e. The van der Waals surface area contributed by atoms with Crippen molar-refractivity contribution in [3.05, 3.63) is 0 Å². The SMILES string of the molecule is CCCCCCNC(=O)NC1CCC(C(=O)O)CC1. The monoisotopic (exact) mass is 270 g/mol. The summed E-state index contributed by atoms with van der Waals surface area (Å²) >= 11 is 0. The largest absolute Gasteiger partial charge is 0.481 e. The number of carboxylic acids is 1. The van der Waals surface area contributed by atoms with Crippen LogP contribution >= 0.6 is 0 Å². The Morgan fingerprint density at radius 2 is 1.79 bits per heavy atom. The molecule has 0 bridgehead atoms. The lowest BCUT2D eigenvalue weighted by Gasteiger charge is -2.26. The number of rotatable bonds is 7. The van der Waals surface area contributed by atoms with Crippen molar-refractivity contribution in [2.75, 3.05) is 6.54 Å². The Hall–Kier alpha value is -1.26. The number of unbranched alkanes of at least 4 members (excludes halogenated alkanes) is 3. The summed E-state index contributed by atoms with van der Waals surface area (Å²) in [7, 11) is 0. The van der Waals surface area contributed by atoms with Crippen molar-refractivity contribution in [2.24, 2.45) is 5.92 Å². The summed E-state index contributed by atoms with van der Waals surface area (Å²) in [5, 5.41) is 14.7. The van der Waals surface area contributed by atoms with Crippen molar-refractivity contribution in [3.8, 4) is 0 Å². The Bertz CT molecular complexity index is 286. The maximum absolute atomic E-state index is 11.6. The Morgan fingerprint density at radius 3 is 2.37 bits per heavy atom. The Labute approximate surface area is 115 Å². The maximum atomic E-state index is 11.6. The number of carbonyl (C=O) groups excluding carboxylic acids is 1. The Kier molecular flexibility index (Phi) is 7.30. The standard InChI is InChI=1S/C14H26N2O3/c1-2-3-4-5-10-15-14(19)16-12-8-6-11(7-9-12)13(17)18/h11-12H,2-10H2,1H3,(H,17,18)(H2,15,16,19). The second kappa shape index (κ2) is 8.77. The van der Waals surface area contributed by atoms with Crippen molar-refractivity contribution in [1.82, 2.24) is 10.6 Å². The molecule has 0 aromatic carbocycles. The average molecular weight is 270 g/mol. The third-order valence-electron chi connectivity index (χ3n) is 3.73. The van der Waals surface area contributed by atoms with Crippen molar-refractivity contribution >= 4 is 12.0 Å². The lowest BCUT2D eigenvalue weighted by molar-refractivity contribution is -0.142. The van der Waals surface area contributed by atoms with Gasteiger partial charge in [-0.1, -0.05) is 26.2 Å². The maximum Gasteiger partial charge on any atom is 0.315 e. The summed E-state index contributed by atoms with van der Waals surface area (Å²) in [6.07, 6.45) is 7.43. The van der Waals surface area contributed by atoms with Crippen LogP contribution in [0.4, 0.5) is 4.79 Å². The van der Waals surface area contributed by atoms with Crippen LogP contribution in [-0.2, 0) is 4.79 Å². The van der Waals surface area contributed by atoms with Gasteiger partial charge >= 0.3 is 12.0 Å². The summed E-state index contributed by atoms with van der Waals surface area (Å²) in [4.78, 5) is 22.4. The lowest BCUT2D eigenvalue weighted by Crippen LogP contribution is -2.44. The summed E-state index contributed by atoms with van der Waals surface area (Å²) in [5.74, 6) is -0.936. The number of hydrogen-bond donors (Lipinski definition) is 3. The summed E-state index contributed by atoms with van der Waals surface area (Å²) < 4.78 is 0. The van der Waals surface area contributed by atoms with E-state index in [9.17, 15) is 9.59 Å². The number of urea groups is 1. The van der Waals surface area contributed by atoms with Gasteiger partial charge in [0.2, 0.25) is 0 Å². The summed E-state index contributed by atoms with van der Waals surface area (Å²) in [6.45, 7) is 2.88. The quantitative estimate of drug-likeness (QED) is 0.622. The molecule has 0 heterocycles. The van der Waals surface area contributed by atoms with Crippen molar-refractivity contribution in [3.63, 3.8) is 0 Å². The molecule has 1 rings (SSSR count). The fraction of sp³-hybridized carbons (Fsp3) is 0.857. The van der Waals surface area contributed by atoms with Crippen LogP contribution in [0.1, 0.15) is 58.3 Å². The summed E-state index contributed by atoms with van der Waals surface area (Å²) in [6, 6.07) is 0.0153. The smallest absolute Gasteiger partial charge is 0.315 e. The number of nitrogens with one attached hydrogen (secondary N) is 2. The van der Waals surface area contributed by atoms with Gasteiger partial charge < -0.3 is 15.7 Å². The molecule has 0 radical (unpaired) electrons. The van der Waals surface area contributed by atoms with Gasteiger partial charge in [-0.25, -0.2) is 4.79 Å². The highest BCUT2D eigenvalue weighted by Crippen LogP contribution is 2.24. The van der Waals surface area contributed by atoms with Crippen LogP contribution in [0.3, 0.4) is 0 Å². The van der Waals surface area contributed by atoms with Gasteiger partial charge in [-0.2, -0.15) is 0 Å². The van der Waals surface area contributed by atoms with Gasteiger partial charge in [0.25, 0.3) is 0 Å². The third kappa shape index (κ3) is 6.45. The van der Waals surface area contributed by atoms with Gasteiger partial charge in [-0.15, -0.1) is 0 Å². The van der Waals surface area contributed by atoms with E-state index in [4.69, 9.17) is 5.11 Å². The first-order chi connectivity index (χ1) is 9.13. The lowest BCUT2D eigenvalue weighted by atomic mass is 9.86. The van der Waals surface area contributed by atoms with E-state index in [1.165, 1.54) is 12.8 Å². The van der Waals surface area contributed by atoms with E-state index in [-0.39, 0.29) is 18.0 Å². The second-order valence-electron chi connectivity index (χ2n) is 5.35. The minimum atomic E-state index is -0.709. The van der Waals surface area contributed by atoms with E-state index in [1.807, 2.05) is 0 Å². The fourth-order valence-electron chi connectivity index (χ4n) is 2.47. The molecular weight excluding hydrogens is 244 g/mol. The molecule has 3 N–H and O–H groups in total. The number of aliphatic carboxylic acids is 1. The average Bonchev–Trinajstić information content (AvgIpc) is 2.39. The number of amides is 2.